The van der Waals surface area contributed by atoms with E-state index < -0.39 is 6.61 Å². The first-order valence-corrected chi connectivity index (χ1v) is 6.93. The summed E-state index contributed by atoms with van der Waals surface area (Å²) >= 11 is 11.8. The van der Waals surface area contributed by atoms with Crippen molar-refractivity contribution < 1.29 is 18.3 Å². The van der Waals surface area contributed by atoms with E-state index in [1.165, 1.54) is 30.3 Å². The van der Waals surface area contributed by atoms with Gasteiger partial charge in [-0.05, 0) is 54.1 Å². The Kier molecular flexibility index (Phi) is 5.52. The zero-order valence-corrected chi connectivity index (χ0v) is 12.6. The van der Waals surface area contributed by atoms with Gasteiger partial charge in [-0.3, -0.25) is 4.79 Å². The van der Waals surface area contributed by atoms with Gasteiger partial charge in [0.2, 0.25) is 0 Å². The van der Waals surface area contributed by atoms with E-state index in [2.05, 4.69) is 4.74 Å². The van der Waals surface area contributed by atoms with Crippen molar-refractivity contribution in [1.82, 2.24) is 0 Å². The summed E-state index contributed by atoms with van der Waals surface area (Å²) < 4.78 is 28.3. The molecule has 2 aromatic rings. The van der Waals surface area contributed by atoms with Crippen LogP contribution in [0, 0.1) is 0 Å². The molecule has 6 heteroatoms. The Labute approximate surface area is 135 Å². The molecule has 2 aromatic carbocycles. The normalized spacial score (nSPS) is 11.1. The molecule has 0 radical (unpaired) electrons. The fourth-order valence-electron chi connectivity index (χ4n) is 1.70. The van der Waals surface area contributed by atoms with Gasteiger partial charge in [-0.1, -0.05) is 29.3 Å². The van der Waals surface area contributed by atoms with Crippen molar-refractivity contribution in [2.24, 2.45) is 0 Å². The van der Waals surface area contributed by atoms with Crippen molar-refractivity contribution in [3.63, 3.8) is 0 Å². The topological polar surface area (TPSA) is 26.3 Å². The summed E-state index contributed by atoms with van der Waals surface area (Å²) in [6, 6.07) is 10.4. The minimum Gasteiger partial charge on any atom is -0.435 e. The van der Waals surface area contributed by atoms with Gasteiger partial charge in [-0.2, -0.15) is 8.78 Å². The SMILES string of the molecule is O=C(C=Cc1ccc(Cl)cc1Cl)c1ccc(OC(F)F)cc1. The van der Waals surface area contributed by atoms with Crippen LogP contribution in [0.1, 0.15) is 15.9 Å². The Hall–Kier alpha value is -1.91. The van der Waals surface area contributed by atoms with E-state index in [9.17, 15) is 13.6 Å². The second-order valence-corrected chi connectivity index (χ2v) is 5.11. The van der Waals surface area contributed by atoms with Gasteiger partial charge in [-0.15, -0.1) is 0 Å². The maximum absolute atomic E-state index is 12.0. The van der Waals surface area contributed by atoms with E-state index in [1.54, 1.807) is 24.3 Å². The standard InChI is InChI=1S/C16H10Cl2F2O2/c17-12-5-1-10(14(18)9-12)4-8-15(21)11-2-6-13(7-3-11)22-16(19)20/h1-9,16H. The van der Waals surface area contributed by atoms with E-state index in [4.69, 9.17) is 23.2 Å². The Morgan fingerprint density at radius 2 is 1.77 bits per heavy atom. The number of hydrogen-bond acceptors (Lipinski definition) is 2. The highest BCUT2D eigenvalue weighted by molar-refractivity contribution is 6.35. The van der Waals surface area contributed by atoms with Crippen molar-refractivity contribution in [2.75, 3.05) is 0 Å². The molecule has 0 fully saturated rings. The molecule has 0 saturated heterocycles. The summed E-state index contributed by atoms with van der Waals surface area (Å²) in [5, 5.41) is 0.931. The predicted molar refractivity (Wildman–Crippen MR) is 82.9 cm³/mol. The molecule has 0 atom stereocenters. The van der Waals surface area contributed by atoms with Crippen LogP contribution in [0.5, 0.6) is 5.75 Å². The van der Waals surface area contributed by atoms with Gasteiger partial charge in [0.05, 0.1) is 0 Å². The molecular weight excluding hydrogens is 333 g/mol. The number of ketones is 1. The summed E-state index contributed by atoms with van der Waals surface area (Å²) in [4.78, 5) is 12.0. The average molecular weight is 343 g/mol. The molecule has 2 nitrogen and oxygen atoms in total. The largest absolute Gasteiger partial charge is 0.435 e. The Morgan fingerprint density at radius 1 is 1.09 bits per heavy atom. The molecule has 0 N–H and O–H groups in total. The summed E-state index contributed by atoms with van der Waals surface area (Å²) in [5.41, 5.74) is 1.00. The first-order chi connectivity index (χ1) is 10.5. The van der Waals surface area contributed by atoms with E-state index in [0.29, 0.717) is 21.2 Å². The molecule has 0 unspecified atom stereocenters. The minimum atomic E-state index is -2.89. The quantitative estimate of drug-likeness (QED) is 0.530. The third kappa shape index (κ3) is 4.55. The van der Waals surface area contributed by atoms with Crippen LogP contribution in [0.15, 0.2) is 48.5 Å². The number of rotatable bonds is 5. The third-order valence-corrected chi connectivity index (χ3v) is 3.30. The molecular formula is C16H10Cl2F2O2. The van der Waals surface area contributed by atoms with Crippen molar-refractivity contribution in [2.45, 2.75) is 6.61 Å². The van der Waals surface area contributed by atoms with Crippen LogP contribution in [-0.2, 0) is 0 Å². The fourth-order valence-corrected chi connectivity index (χ4v) is 2.17. The van der Waals surface area contributed by atoms with Gasteiger partial charge >= 0.3 is 6.61 Å². The lowest BCUT2D eigenvalue weighted by Crippen LogP contribution is -2.02. The first kappa shape index (κ1) is 16.5. The molecule has 0 aliphatic carbocycles. The van der Waals surface area contributed by atoms with Crippen molar-refractivity contribution in [3.05, 3.63) is 69.7 Å². The Balaban J connectivity index is 2.09. The zero-order chi connectivity index (χ0) is 16.1. The highest BCUT2D eigenvalue weighted by Gasteiger charge is 2.06. The maximum atomic E-state index is 12.0. The fraction of sp³-hybridized carbons (Fsp3) is 0.0625. The molecule has 0 aliphatic heterocycles. The second kappa shape index (κ2) is 7.38. The van der Waals surface area contributed by atoms with Gasteiger partial charge in [-0.25, -0.2) is 0 Å². The van der Waals surface area contributed by atoms with Crippen LogP contribution in [0.2, 0.25) is 10.0 Å². The van der Waals surface area contributed by atoms with E-state index >= 15 is 0 Å². The summed E-state index contributed by atoms with van der Waals surface area (Å²) in [7, 11) is 0. The van der Waals surface area contributed by atoms with Gasteiger partial charge in [0.15, 0.2) is 5.78 Å². The van der Waals surface area contributed by atoms with Gasteiger partial charge in [0.25, 0.3) is 0 Å². The van der Waals surface area contributed by atoms with Crippen LogP contribution in [-0.4, -0.2) is 12.4 Å². The predicted octanol–water partition coefficient (Wildman–Crippen LogP) is 5.49. The number of carbonyl (C=O) groups excluding carboxylic acids is 1. The van der Waals surface area contributed by atoms with Gasteiger partial charge in [0.1, 0.15) is 5.75 Å². The zero-order valence-electron chi connectivity index (χ0n) is 11.1. The summed E-state index contributed by atoms with van der Waals surface area (Å²) in [6.07, 6.45) is 2.91. The molecule has 0 bridgehead atoms. The maximum Gasteiger partial charge on any atom is 0.387 e. The molecule has 0 aliphatic rings. The van der Waals surface area contributed by atoms with Crippen LogP contribution in [0.25, 0.3) is 6.08 Å². The number of carbonyl (C=O) groups is 1. The Bertz CT molecular complexity index is 698. The lowest BCUT2D eigenvalue weighted by Gasteiger charge is -2.04. The van der Waals surface area contributed by atoms with Crippen molar-refractivity contribution in [3.8, 4) is 5.75 Å². The van der Waals surface area contributed by atoms with Crippen LogP contribution in [0.4, 0.5) is 8.78 Å². The van der Waals surface area contributed by atoms with Crippen LogP contribution < -0.4 is 4.74 Å². The summed E-state index contributed by atoms with van der Waals surface area (Å²) in [5.74, 6) is -0.286. The molecule has 2 rings (SSSR count). The Morgan fingerprint density at radius 3 is 2.36 bits per heavy atom. The number of ether oxygens (including phenoxy) is 1. The van der Waals surface area contributed by atoms with Crippen molar-refractivity contribution >= 4 is 35.1 Å². The lowest BCUT2D eigenvalue weighted by molar-refractivity contribution is -0.0498. The number of benzene rings is 2. The molecule has 0 spiro atoms. The number of halogens is 4. The van der Waals surface area contributed by atoms with E-state index in [-0.39, 0.29) is 11.5 Å². The van der Waals surface area contributed by atoms with Gasteiger partial charge < -0.3 is 4.74 Å². The highest BCUT2D eigenvalue weighted by atomic mass is 35.5. The molecule has 22 heavy (non-hydrogen) atoms. The molecule has 114 valence electrons. The number of alkyl halides is 2. The third-order valence-electron chi connectivity index (χ3n) is 2.74. The second-order valence-electron chi connectivity index (χ2n) is 4.27. The molecule has 0 heterocycles. The average Bonchev–Trinajstić information content (AvgIpc) is 2.46. The van der Waals surface area contributed by atoms with E-state index in [1.807, 2.05) is 0 Å². The van der Waals surface area contributed by atoms with Crippen LogP contribution >= 0.6 is 23.2 Å². The number of hydrogen-bond donors (Lipinski definition) is 0. The first-order valence-electron chi connectivity index (χ1n) is 6.18. The molecule has 0 amide bonds. The smallest absolute Gasteiger partial charge is 0.387 e. The van der Waals surface area contributed by atoms with Crippen LogP contribution in [0.3, 0.4) is 0 Å². The highest BCUT2D eigenvalue weighted by Crippen LogP contribution is 2.22. The molecule has 0 aromatic heterocycles. The van der Waals surface area contributed by atoms with E-state index in [0.717, 1.165) is 0 Å². The lowest BCUT2D eigenvalue weighted by atomic mass is 10.1. The van der Waals surface area contributed by atoms with Gasteiger partial charge in [0, 0.05) is 15.6 Å². The minimum absolute atomic E-state index is 0.00345. The monoisotopic (exact) mass is 342 g/mol. The summed E-state index contributed by atoms with van der Waals surface area (Å²) in [6.45, 7) is -2.89. The van der Waals surface area contributed by atoms with Crippen molar-refractivity contribution in [1.29, 1.82) is 0 Å². The molecule has 0 saturated carbocycles. The number of allylic oxidation sites excluding steroid dienone is 1.